The molecular weight excluding hydrogens is 508 g/mol. The molecule has 2 heterocycles. The van der Waals surface area contributed by atoms with Crippen LogP contribution in [0.15, 0.2) is 0 Å². The topological polar surface area (TPSA) is 36.9 Å². The summed E-state index contributed by atoms with van der Waals surface area (Å²) in [4.78, 5) is 0. The SMILES string of the molecule is CC1CC2(C1)CC(C)C2.CC1CCC(C)CC1.CC1CCC(C)CC1.CC1COC(C)OC1.CC1COC(C)OC1. The minimum Gasteiger partial charge on any atom is -0.353 e. The largest absolute Gasteiger partial charge is 0.353 e. The number of rotatable bonds is 0. The van der Waals surface area contributed by atoms with E-state index in [1.54, 1.807) is 0 Å². The van der Waals surface area contributed by atoms with Crippen molar-refractivity contribution in [1.29, 1.82) is 0 Å². The molecule has 2 aliphatic heterocycles. The van der Waals surface area contributed by atoms with Crippen molar-refractivity contribution in [1.82, 2.24) is 0 Å². The van der Waals surface area contributed by atoms with Crippen LogP contribution in [0.4, 0.5) is 0 Å². The second kappa shape index (κ2) is 19.3. The first kappa shape index (κ1) is 37.0. The van der Waals surface area contributed by atoms with Crippen LogP contribution in [0.2, 0.25) is 0 Å². The number of ether oxygens (including phenoxy) is 4. The summed E-state index contributed by atoms with van der Waals surface area (Å²) >= 11 is 0. The molecule has 41 heavy (non-hydrogen) atoms. The van der Waals surface area contributed by atoms with Gasteiger partial charge in [0.05, 0.1) is 26.4 Å². The third-order valence-electron chi connectivity index (χ3n) is 10.2. The average molecular weight is 581 g/mol. The van der Waals surface area contributed by atoms with Gasteiger partial charge in [0.25, 0.3) is 0 Å². The first-order chi connectivity index (χ1) is 19.4. The minimum absolute atomic E-state index is 0.0196. The lowest BCUT2D eigenvalue weighted by molar-refractivity contribution is -0.187. The Morgan fingerprint density at radius 3 is 0.707 bits per heavy atom. The van der Waals surface area contributed by atoms with Crippen molar-refractivity contribution in [3.05, 3.63) is 0 Å². The van der Waals surface area contributed by atoms with Crippen LogP contribution in [0.25, 0.3) is 0 Å². The smallest absolute Gasteiger partial charge is 0.154 e. The van der Waals surface area contributed by atoms with Gasteiger partial charge in [-0.1, -0.05) is 107 Å². The highest BCUT2D eigenvalue weighted by molar-refractivity contribution is 5.00. The van der Waals surface area contributed by atoms with Crippen LogP contribution in [0.1, 0.15) is 146 Å². The van der Waals surface area contributed by atoms with Gasteiger partial charge in [0.2, 0.25) is 0 Å². The van der Waals surface area contributed by atoms with Gasteiger partial charge in [-0.25, -0.2) is 0 Å². The highest BCUT2D eigenvalue weighted by atomic mass is 16.7. The molecule has 0 N–H and O–H groups in total. The van der Waals surface area contributed by atoms with Crippen molar-refractivity contribution in [3.63, 3.8) is 0 Å². The van der Waals surface area contributed by atoms with Crippen LogP contribution in [0.3, 0.4) is 0 Å². The van der Waals surface area contributed by atoms with Crippen molar-refractivity contribution in [2.24, 2.45) is 52.8 Å². The second-order valence-electron chi connectivity index (χ2n) is 15.9. The fraction of sp³-hybridized carbons (Fsp3) is 1.00. The van der Waals surface area contributed by atoms with Gasteiger partial charge in [-0.15, -0.1) is 0 Å². The zero-order valence-electron chi connectivity index (χ0n) is 29.2. The number of hydrogen-bond donors (Lipinski definition) is 0. The first-order valence-electron chi connectivity index (χ1n) is 17.8. The van der Waals surface area contributed by atoms with E-state index in [1.165, 1.54) is 77.0 Å². The van der Waals surface area contributed by atoms with Gasteiger partial charge in [0.15, 0.2) is 12.6 Å². The van der Waals surface area contributed by atoms with E-state index in [4.69, 9.17) is 18.9 Å². The molecular formula is C37H72O4. The van der Waals surface area contributed by atoms with Gasteiger partial charge < -0.3 is 18.9 Å². The van der Waals surface area contributed by atoms with Crippen LogP contribution < -0.4 is 0 Å². The quantitative estimate of drug-likeness (QED) is 0.285. The summed E-state index contributed by atoms with van der Waals surface area (Å²) in [6, 6.07) is 0. The molecule has 2 saturated heterocycles. The van der Waals surface area contributed by atoms with Crippen molar-refractivity contribution < 1.29 is 18.9 Å². The Bertz CT molecular complexity index is 484. The van der Waals surface area contributed by atoms with E-state index in [0.717, 1.165) is 67.3 Å². The number of hydrogen-bond acceptors (Lipinski definition) is 4. The Labute approximate surface area is 256 Å². The molecule has 0 atom stereocenters. The summed E-state index contributed by atoms with van der Waals surface area (Å²) in [6.07, 6.45) is 18.0. The van der Waals surface area contributed by atoms with Crippen LogP contribution in [0, 0.1) is 52.8 Å². The lowest BCUT2D eigenvalue weighted by Gasteiger charge is -2.56. The van der Waals surface area contributed by atoms with Crippen LogP contribution in [-0.4, -0.2) is 39.0 Å². The van der Waals surface area contributed by atoms with Gasteiger partial charge >= 0.3 is 0 Å². The van der Waals surface area contributed by atoms with Crippen molar-refractivity contribution in [2.45, 2.75) is 159 Å². The standard InChI is InChI=1S/C9H16.2C8H16.2C6H12O2/c1-7-3-9(4-7)5-8(2)6-9;2*1-7-3-5-8(2)6-4-7;2*1-5-3-7-6(2)8-4-5/h7-8H,3-6H2,1-2H3;2*7-8H,3-6H2,1-2H3;2*5-6H,3-4H2,1-2H3. The second-order valence-corrected chi connectivity index (χ2v) is 15.9. The maximum atomic E-state index is 5.17. The van der Waals surface area contributed by atoms with E-state index in [9.17, 15) is 0 Å². The van der Waals surface area contributed by atoms with E-state index in [1.807, 2.05) is 13.8 Å². The predicted octanol–water partition coefficient (Wildman–Crippen LogP) is 10.5. The van der Waals surface area contributed by atoms with Crippen molar-refractivity contribution in [2.75, 3.05) is 26.4 Å². The molecule has 4 saturated carbocycles. The molecule has 1 spiro atoms. The molecule has 0 aromatic rings. The zero-order valence-corrected chi connectivity index (χ0v) is 29.2. The first-order valence-corrected chi connectivity index (χ1v) is 17.8. The molecule has 0 unspecified atom stereocenters. The van der Waals surface area contributed by atoms with E-state index < -0.39 is 0 Å². The monoisotopic (exact) mass is 581 g/mol. The molecule has 4 nitrogen and oxygen atoms in total. The molecule has 244 valence electrons. The van der Waals surface area contributed by atoms with E-state index in [0.29, 0.717) is 11.8 Å². The van der Waals surface area contributed by atoms with Gasteiger partial charge in [0.1, 0.15) is 0 Å². The molecule has 0 radical (unpaired) electrons. The van der Waals surface area contributed by atoms with E-state index in [2.05, 4.69) is 55.4 Å². The van der Waals surface area contributed by atoms with Gasteiger partial charge in [-0.3, -0.25) is 0 Å². The Balaban J connectivity index is 0.000000180. The summed E-state index contributed by atoms with van der Waals surface area (Å²) in [6.45, 7) is 25.7. The van der Waals surface area contributed by atoms with Crippen molar-refractivity contribution in [3.8, 4) is 0 Å². The molecule has 0 aromatic carbocycles. The Hall–Kier alpha value is -0.160. The predicted molar refractivity (Wildman–Crippen MR) is 174 cm³/mol. The van der Waals surface area contributed by atoms with Crippen LogP contribution in [0.5, 0.6) is 0 Å². The maximum absolute atomic E-state index is 5.17. The highest BCUT2D eigenvalue weighted by Gasteiger charge is 2.49. The minimum atomic E-state index is 0.0196. The highest BCUT2D eigenvalue weighted by Crippen LogP contribution is 2.60. The van der Waals surface area contributed by atoms with E-state index >= 15 is 0 Å². The molecule has 0 bridgehead atoms. The fourth-order valence-corrected chi connectivity index (χ4v) is 7.42. The van der Waals surface area contributed by atoms with Crippen molar-refractivity contribution >= 4 is 0 Å². The summed E-state index contributed by atoms with van der Waals surface area (Å²) in [5.74, 6) is 7.34. The molecule has 4 aliphatic carbocycles. The third-order valence-corrected chi connectivity index (χ3v) is 10.2. The van der Waals surface area contributed by atoms with Crippen LogP contribution >= 0.6 is 0 Å². The molecule has 6 fully saturated rings. The summed E-state index contributed by atoms with van der Waals surface area (Å²) in [5.41, 5.74) is 0.888. The Morgan fingerprint density at radius 1 is 0.317 bits per heavy atom. The Kier molecular flexibility index (Phi) is 17.4. The van der Waals surface area contributed by atoms with Crippen LogP contribution in [-0.2, 0) is 18.9 Å². The summed E-state index contributed by atoms with van der Waals surface area (Å²) in [5, 5.41) is 0. The van der Waals surface area contributed by atoms with E-state index in [-0.39, 0.29) is 12.6 Å². The third kappa shape index (κ3) is 15.9. The summed E-state index contributed by atoms with van der Waals surface area (Å²) in [7, 11) is 0. The lowest BCUT2D eigenvalue weighted by Crippen LogP contribution is -2.45. The average Bonchev–Trinajstić information content (AvgIpc) is 2.91. The molecule has 0 aromatic heterocycles. The zero-order chi connectivity index (χ0) is 30.4. The lowest BCUT2D eigenvalue weighted by atomic mass is 9.49. The molecule has 6 rings (SSSR count). The molecule has 4 heteroatoms. The van der Waals surface area contributed by atoms with Gasteiger partial charge in [-0.2, -0.15) is 0 Å². The Morgan fingerprint density at radius 2 is 0.537 bits per heavy atom. The van der Waals surface area contributed by atoms with Gasteiger partial charge in [0, 0.05) is 11.8 Å². The maximum Gasteiger partial charge on any atom is 0.154 e. The fourth-order valence-electron chi connectivity index (χ4n) is 7.42. The molecule has 6 aliphatic rings. The van der Waals surface area contributed by atoms with Gasteiger partial charge in [-0.05, 0) is 80.5 Å². The normalized spacial score (nSPS) is 43.5. The molecule has 0 amide bonds. The summed E-state index contributed by atoms with van der Waals surface area (Å²) < 4.78 is 20.7.